The summed E-state index contributed by atoms with van der Waals surface area (Å²) >= 11 is 4.61. The molecule has 6 heteroatoms. The van der Waals surface area contributed by atoms with Gasteiger partial charge in [-0.2, -0.15) is 0 Å². The van der Waals surface area contributed by atoms with E-state index in [0.29, 0.717) is 22.4 Å². The van der Waals surface area contributed by atoms with Crippen molar-refractivity contribution < 1.29 is 4.39 Å². The van der Waals surface area contributed by atoms with Crippen molar-refractivity contribution in [1.82, 2.24) is 4.98 Å². The van der Waals surface area contributed by atoms with Crippen LogP contribution in [0.25, 0.3) is 0 Å². The Bertz CT molecular complexity index is 487. The van der Waals surface area contributed by atoms with E-state index in [-0.39, 0.29) is 5.82 Å². The molecule has 0 aliphatic carbocycles. The minimum absolute atomic E-state index is 0.337. The summed E-state index contributed by atoms with van der Waals surface area (Å²) in [6.45, 7) is 0.545. The van der Waals surface area contributed by atoms with E-state index in [0.717, 1.165) is 5.01 Å². The summed E-state index contributed by atoms with van der Waals surface area (Å²) in [7, 11) is 0. The lowest BCUT2D eigenvalue weighted by atomic mass is 10.2. The van der Waals surface area contributed by atoms with E-state index < -0.39 is 0 Å². The third kappa shape index (κ3) is 2.51. The molecular weight excluding hydrogens is 293 g/mol. The van der Waals surface area contributed by atoms with E-state index in [2.05, 4.69) is 26.2 Å². The first kappa shape index (κ1) is 11.3. The molecule has 0 amide bonds. The van der Waals surface area contributed by atoms with Gasteiger partial charge in [0, 0.05) is 17.6 Å². The monoisotopic (exact) mass is 301 g/mol. The number of benzene rings is 1. The first-order chi connectivity index (χ1) is 7.66. The van der Waals surface area contributed by atoms with Crippen molar-refractivity contribution in [2.75, 3.05) is 11.1 Å². The molecule has 0 aliphatic rings. The fourth-order valence-electron chi connectivity index (χ4n) is 1.23. The van der Waals surface area contributed by atoms with Gasteiger partial charge in [0.05, 0.1) is 22.4 Å². The molecule has 84 valence electrons. The highest BCUT2D eigenvalue weighted by Crippen LogP contribution is 2.26. The largest absolute Gasteiger partial charge is 0.397 e. The van der Waals surface area contributed by atoms with Gasteiger partial charge >= 0.3 is 0 Å². The summed E-state index contributed by atoms with van der Waals surface area (Å²) in [6.07, 6.45) is 1.73. The molecule has 1 aromatic carbocycles. The molecule has 0 atom stereocenters. The summed E-state index contributed by atoms with van der Waals surface area (Å²) in [4.78, 5) is 4.11. The first-order valence-corrected chi connectivity index (χ1v) is 6.21. The average Bonchev–Trinajstić information content (AvgIpc) is 2.74. The summed E-state index contributed by atoms with van der Waals surface area (Å²) in [6, 6.07) is 2.91. The van der Waals surface area contributed by atoms with E-state index in [9.17, 15) is 4.39 Å². The van der Waals surface area contributed by atoms with E-state index in [1.54, 1.807) is 12.3 Å². The van der Waals surface area contributed by atoms with E-state index in [1.807, 2.05) is 5.38 Å². The van der Waals surface area contributed by atoms with Crippen LogP contribution < -0.4 is 11.1 Å². The Kier molecular flexibility index (Phi) is 3.40. The van der Waals surface area contributed by atoms with Crippen LogP contribution in [0, 0.1) is 5.82 Å². The van der Waals surface area contributed by atoms with Crippen molar-refractivity contribution >= 4 is 38.6 Å². The lowest BCUT2D eigenvalue weighted by Crippen LogP contribution is -2.02. The molecule has 0 radical (unpaired) electrons. The number of thiazole rings is 1. The van der Waals surface area contributed by atoms with Crippen molar-refractivity contribution in [3.63, 3.8) is 0 Å². The molecule has 0 unspecified atom stereocenters. The quantitative estimate of drug-likeness (QED) is 0.856. The van der Waals surface area contributed by atoms with E-state index in [1.165, 1.54) is 17.4 Å². The number of anilines is 2. The van der Waals surface area contributed by atoms with Crippen molar-refractivity contribution in [2.24, 2.45) is 0 Å². The molecule has 2 aromatic rings. The zero-order chi connectivity index (χ0) is 11.5. The highest BCUT2D eigenvalue weighted by atomic mass is 79.9. The normalized spacial score (nSPS) is 10.4. The van der Waals surface area contributed by atoms with Gasteiger partial charge in [-0.05, 0) is 22.0 Å². The highest BCUT2D eigenvalue weighted by molar-refractivity contribution is 9.10. The number of hydrogen-bond acceptors (Lipinski definition) is 4. The van der Waals surface area contributed by atoms with Gasteiger partial charge in [-0.25, -0.2) is 9.37 Å². The van der Waals surface area contributed by atoms with Gasteiger partial charge < -0.3 is 11.1 Å². The number of nitrogens with one attached hydrogen (secondary N) is 1. The molecular formula is C10H9BrFN3S. The molecule has 0 saturated carbocycles. The fourth-order valence-corrected chi connectivity index (χ4v) is 2.14. The number of halogens is 2. The van der Waals surface area contributed by atoms with Crippen LogP contribution in [0.4, 0.5) is 15.8 Å². The Hall–Kier alpha value is -1.14. The van der Waals surface area contributed by atoms with Crippen LogP contribution in [0.3, 0.4) is 0 Å². The number of nitrogen functional groups attached to an aromatic ring is 1. The Balaban J connectivity index is 2.12. The topological polar surface area (TPSA) is 50.9 Å². The Morgan fingerprint density at radius 3 is 3.00 bits per heavy atom. The van der Waals surface area contributed by atoms with Gasteiger partial charge in [-0.1, -0.05) is 0 Å². The van der Waals surface area contributed by atoms with Crippen LogP contribution in [0.1, 0.15) is 5.01 Å². The van der Waals surface area contributed by atoms with Crippen LogP contribution in [-0.4, -0.2) is 4.98 Å². The molecule has 1 heterocycles. The average molecular weight is 302 g/mol. The van der Waals surface area contributed by atoms with Crippen molar-refractivity contribution in [3.05, 3.63) is 39.0 Å². The van der Waals surface area contributed by atoms with E-state index in [4.69, 9.17) is 5.73 Å². The summed E-state index contributed by atoms with van der Waals surface area (Å²) < 4.78 is 13.6. The van der Waals surface area contributed by atoms with Gasteiger partial charge in [0.1, 0.15) is 10.8 Å². The number of rotatable bonds is 3. The molecule has 0 saturated heterocycles. The molecule has 0 fully saturated rings. The highest BCUT2D eigenvalue weighted by Gasteiger charge is 2.06. The summed E-state index contributed by atoms with van der Waals surface area (Å²) in [5.74, 6) is -0.337. The third-order valence-electron chi connectivity index (χ3n) is 2.01. The lowest BCUT2D eigenvalue weighted by molar-refractivity contribution is 0.622. The van der Waals surface area contributed by atoms with Gasteiger partial charge in [0.15, 0.2) is 0 Å². The second kappa shape index (κ2) is 4.80. The second-order valence-electron chi connectivity index (χ2n) is 3.13. The molecule has 0 bridgehead atoms. The van der Waals surface area contributed by atoms with Crippen LogP contribution in [0.5, 0.6) is 0 Å². The molecule has 3 nitrogen and oxygen atoms in total. The standard InChI is InChI=1S/C10H9BrFN3S/c11-6-3-8(13)9(4-7(6)12)15-5-10-14-1-2-16-10/h1-4,15H,5,13H2. The van der Waals surface area contributed by atoms with Gasteiger partial charge in [0.2, 0.25) is 0 Å². The second-order valence-corrected chi connectivity index (χ2v) is 4.97. The van der Waals surface area contributed by atoms with Crippen molar-refractivity contribution in [1.29, 1.82) is 0 Å². The zero-order valence-corrected chi connectivity index (χ0v) is 10.6. The minimum atomic E-state index is -0.337. The van der Waals surface area contributed by atoms with Crippen LogP contribution in [0.2, 0.25) is 0 Å². The number of nitrogens with zero attached hydrogens (tertiary/aromatic N) is 1. The first-order valence-electron chi connectivity index (χ1n) is 4.53. The summed E-state index contributed by atoms with van der Waals surface area (Å²) in [5.41, 5.74) is 6.84. The van der Waals surface area contributed by atoms with Crippen molar-refractivity contribution in [3.8, 4) is 0 Å². The van der Waals surface area contributed by atoms with E-state index >= 15 is 0 Å². The molecule has 16 heavy (non-hydrogen) atoms. The SMILES string of the molecule is Nc1cc(Br)c(F)cc1NCc1nccs1. The Labute approximate surface area is 105 Å². The zero-order valence-electron chi connectivity index (χ0n) is 8.21. The maximum Gasteiger partial charge on any atom is 0.139 e. The van der Waals surface area contributed by atoms with Crippen molar-refractivity contribution in [2.45, 2.75) is 6.54 Å². The molecule has 0 aliphatic heterocycles. The molecule has 1 aromatic heterocycles. The lowest BCUT2D eigenvalue weighted by Gasteiger charge is -2.08. The fraction of sp³-hybridized carbons (Fsp3) is 0.100. The predicted octanol–water partition coefficient (Wildman–Crippen LogP) is 3.24. The van der Waals surface area contributed by atoms with Gasteiger partial charge in [-0.15, -0.1) is 11.3 Å². The maximum absolute atomic E-state index is 13.3. The van der Waals surface area contributed by atoms with Gasteiger partial charge in [-0.3, -0.25) is 0 Å². The summed E-state index contributed by atoms with van der Waals surface area (Å²) in [5, 5.41) is 5.87. The smallest absolute Gasteiger partial charge is 0.139 e. The Morgan fingerprint density at radius 2 is 2.31 bits per heavy atom. The van der Waals surface area contributed by atoms with Crippen LogP contribution in [-0.2, 0) is 6.54 Å². The van der Waals surface area contributed by atoms with Crippen LogP contribution in [0.15, 0.2) is 28.2 Å². The maximum atomic E-state index is 13.3. The number of aromatic nitrogens is 1. The number of hydrogen-bond donors (Lipinski definition) is 2. The Morgan fingerprint density at radius 1 is 1.50 bits per heavy atom. The minimum Gasteiger partial charge on any atom is -0.397 e. The number of nitrogens with two attached hydrogens (primary N) is 1. The molecule has 3 N–H and O–H groups in total. The molecule has 2 rings (SSSR count). The van der Waals surface area contributed by atoms with Gasteiger partial charge in [0.25, 0.3) is 0 Å². The van der Waals surface area contributed by atoms with Crippen LogP contribution >= 0.6 is 27.3 Å². The molecule has 0 spiro atoms. The third-order valence-corrected chi connectivity index (χ3v) is 3.39. The predicted molar refractivity (Wildman–Crippen MR) is 68.0 cm³/mol.